The van der Waals surface area contributed by atoms with E-state index in [-0.39, 0.29) is 0 Å². The molecule has 2 rings (SSSR count). The van der Waals surface area contributed by atoms with Crippen LogP contribution in [0, 0.1) is 6.92 Å². The molecule has 0 atom stereocenters. The third kappa shape index (κ3) is 4.00. The van der Waals surface area contributed by atoms with Crippen molar-refractivity contribution in [3.05, 3.63) is 29.8 Å². The van der Waals surface area contributed by atoms with Crippen LogP contribution in [0.2, 0.25) is 0 Å². The molecule has 0 spiro atoms. The lowest BCUT2D eigenvalue weighted by Crippen LogP contribution is -2.39. The third-order valence-corrected chi connectivity index (χ3v) is 3.61. The summed E-state index contributed by atoms with van der Waals surface area (Å²) in [5.41, 5.74) is 2.55. The Morgan fingerprint density at radius 2 is 2.11 bits per heavy atom. The van der Waals surface area contributed by atoms with Gasteiger partial charge >= 0.3 is 0 Å². The Hall–Kier alpha value is -1.06. The zero-order valence-electron chi connectivity index (χ0n) is 11.2. The van der Waals surface area contributed by atoms with E-state index in [1.54, 1.807) is 0 Å². The summed E-state index contributed by atoms with van der Waals surface area (Å²) < 4.78 is 0. The second-order valence-electron chi connectivity index (χ2n) is 5.21. The number of aryl methyl sites for hydroxylation is 1. The molecule has 0 radical (unpaired) electrons. The van der Waals surface area contributed by atoms with Crippen molar-refractivity contribution >= 4 is 5.69 Å². The van der Waals surface area contributed by atoms with Crippen LogP contribution in [0.15, 0.2) is 24.3 Å². The molecule has 18 heavy (non-hydrogen) atoms. The Bertz CT molecular complexity index is 359. The minimum atomic E-state index is 0.307. The fraction of sp³-hybridized carbons (Fsp3) is 0.600. The van der Waals surface area contributed by atoms with Crippen molar-refractivity contribution in [1.29, 1.82) is 0 Å². The van der Waals surface area contributed by atoms with E-state index in [1.165, 1.54) is 24.1 Å². The number of hydrogen-bond acceptors (Lipinski definition) is 3. The van der Waals surface area contributed by atoms with E-state index in [4.69, 9.17) is 5.11 Å². The fourth-order valence-corrected chi connectivity index (χ4v) is 2.57. The van der Waals surface area contributed by atoms with E-state index in [1.807, 2.05) is 0 Å². The number of rotatable bonds is 5. The first-order chi connectivity index (χ1) is 8.78. The van der Waals surface area contributed by atoms with Gasteiger partial charge in [0.2, 0.25) is 0 Å². The molecule has 0 amide bonds. The number of aliphatic hydroxyl groups excluding tert-OH is 1. The predicted molar refractivity (Wildman–Crippen MR) is 76.0 cm³/mol. The van der Waals surface area contributed by atoms with E-state index in [0.717, 1.165) is 26.1 Å². The summed E-state index contributed by atoms with van der Waals surface area (Å²) in [7, 11) is 0. The zero-order valence-corrected chi connectivity index (χ0v) is 11.2. The third-order valence-electron chi connectivity index (χ3n) is 3.61. The van der Waals surface area contributed by atoms with Gasteiger partial charge in [-0.3, -0.25) is 0 Å². The first kappa shape index (κ1) is 13.4. The van der Waals surface area contributed by atoms with Crippen LogP contribution in [0.5, 0.6) is 0 Å². The van der Waals surface area contributed by atoms with Gasteiger partial charge in [0, 0.05) is 38.0 Å². The molecular weight excluding hydrogens is 224 g/mol. The van der Waals surface area contributed by atoms with Crippen LogP contribution in [0.3, 0.4) is 0 Å². The Balaban J connectivity index is 1.76. The molecule has 1 saturated heterocycles. The van der Waals surface area contributed by atoms with Gasteiger partial charge in [0.25, 0.3) is 0 Å². The number of piperidine rings is 1. The molecule has 1 heterocycles. The molecule has 100 valence electrons. The summed E-state index contributed by atoms with van der Waals surface area (Å²) in [6, 6.07) is 9.18. The van der Waals surface area contributed by atoms with Crippen molar-refractivity contribution in [2.45, 2.75) is 32.2 Å². The smallest absolute Gasteiger partial charge is 0.0443 e. The highest BCUT2D eigenvalue weighted by Gasteiger charge is 2.18. The maximum absolute atomic E-state index is 8.83. The summed E-state index contributed by atoms with van der Waals surface area (Å²) in [5, 5.41) is 12.5. The first-order valence-corrected chi connectivity index (χ1v) is 6.94. The average Bonchev–Trinajstić information content (AvgIpc) is 2.38. The Morgan fingerprint density at radius 1 is 1.33 bits per heavy atom. The van der Waals surface area contributed by atoms with E-state index in [9.17, 15) is 0 Å². The lowest BCUT2D eigenvalue weighted by molar-refractivity contribution is 0.192. The van der Waals surface area contributed by atoms with E-state index < -0.39 is 0 Å². The van der Waals surface area contributed by atoms with Crippen LogP contribution in [0.4, 0.5) is 5.69 Å². The highest BCUT2D eigenvalue weighted by atomic mass is 16.3. The Morgan fingerprint density at radius 3 is 2.78 bits per heavy atom. The predicted octanol–water partition coefficient (Wildman–Crippen LogP) is 2.25. The van der Waals surface area contributed by atoms with Crippen LogP contribution in [0.25, 0.3) is 0 Å². The highest BCUT2D eigenvalue weighted by Crippen LogP contribution is 2.17. The van der Waals surface area contributed by atoms with Crippen molar-refractivity contribution in [2.75, 3.05) is 31.6 Å². The van der Waals surface area contributed by atoms with E-state index >= 15 is 0 Å². The van der Waals surface area contributed by atoms with Gasteiger partial charge in [0.05, 0.1) is 0 Å². The minimum absolute atomic E-state index is 0.307. The van der Waals surface area contributed by atoms with Crippen LogP contribution in [-0.4, -0.2) is 42.3 Å². The topological polar surface area (TPSA) is 35.5 Å². The van der Waals surface area contributed by atoms with Crippen LogP contribution >= 0.6 is 0 Å². The lowest BCUT2D eigenvalue weighted by Gasteiger charge is -2.32. The molecule has 2 N–H and O–H groups in total. The summed E-state index contributed by atoms with van der Waals surface area (Å²) in [5.74, 6) is 0. The van der Waals surface area contributed by atoms with Gasteiger partial charge in [-0.05, 0) is 43.9 Å². The second-order valence-corrected chi connectivity index (χ2v) is 5.21. The summed E-state index contributed by atoms with van der Waals surface area (Å²) >= 11 is 0. The van der Waals surface area contributed by atoms with Crippen LogP contribution < -0.4 is 5.32 Å². The molecule has 3 nitrogen and oxygen atoms in total. The number of nitrogens with one attached hydrogen (secondary N) is 1. The second kappa shape index (κ2) is 6.76. The Labute approximate surface area is 110 Å². The number of hydrogen-bond donors (Lipinski definition) is 2. The van der Waals surface area contributed by atoms with Crippen molar-refractivity contribution in [1.82, 2.24) is 4.90 Å². The van der Waals surface area contributed by atoms with Crippen molar-refractivity contribution in [3.8, 4) is 0 Å². The van der Waals surface area contributed by atoms with Gasteiger partial charge in [0.15, 0.2) is 0 Å². The van der Waals surface area contributed by atoms with Gasteiger partial charge in [-0.25, -0.2) is 0 Å². The van der Waals surface area contributed by atoms with Crippen molar-refractivity contribution in [3.63, 3.8) is 0 Å². The maximum atomic E-state index is 8.83. The number of anilines is 1. The van der Waals surface area contributed by atoms with E-state index in [0.29, 0.717) is 12.6 Å². The van der Waals surface area contributed by atoms with Crippen LogP contribution in [-0.2, 0) is 0 Å². The summed E-state index contributed by atoms with van der Waals surface area (Å²) in [6.07, 6.45) is 3.29. The molecule has 0 bridgehead atoms. The lowest BCUT2D eigenvalue weighted by atomic mass is 10.0. The molecule has 3 heteroatoms. The molecule has 1 aliphatic heterocycles. The number of benzene rings is 1. The molecule has 0 aliphatic carbocycles. The highest BCUT2D eigenvalue weighted by molar-refractivity contribution is 5.46. The minimum Gasteiger partial charge on any atom is -0.396 e. The number of aliphatic hydroxyl groups is 1. The molecule has 0 aromatic heterocycles. The molecule has 0 saturated carbocycles. The summed E-state index contributed by atoms with van der Waals surface area (Å²) in [4.78, 5) is 2.45. The van der Waals surface area contributed by atoms with Gasteiger partial charge in [-0.15, -0.1) is 0 Å². The van der Waals surface area contributed by atoms with Gasteiger partial charge in [0.1, 0.15) is 0 Å². The molecule has 1 aromatic carbocycles. The number of nitrogens with zero attached hydrogens (tertiary/aromatic N) is 1. The monoisotopic (exact) mass is 248 g/mol. The number of likely N-dealkylation sites (tertiary alicyclic amines) is 1. The van der Waals surface area contributed by atoms with Gasteiger partial charge < -0.3 is 15.3 Å². The standard InChI is InChI=1S/C15H24N2O/c1-13-4-2-5-15(12-13)16-14-6-9-17(10-7-14)8-3-11-18/h2,4-5,12,14,16,18H,3,6-11H2,1H3. The normalized spacial score (nSPS) is 17.9. The zero-order chi connectivity index (χ0) is 12.8. The van der Waals surface area contributed by atoms with Crippen molar-refractivity contribution < 1.29 is 5.11 Å². The molecule has 1 aromatic rings. The molecule has 1 fully saturated rings. The largest absolute Gasteiger partial charge is 0.396 e. The summed E-state index contributed by atoms with van der Waals surface area (Å²) in [6.45, 7) is 5.75. The molecule has 0 unspecified atom stereocenters. The molecule has 1 aliphatic rings. The quantitative estimate of drug-likeness (QED) is 0.839. The Kier molecular flexibility index (Phi) is 5.02. The van der Waals surface area contributed by atoms with Gasteiger partial charge in [-0.1, -0.05) is 12.1 Å². The maximum Gasteiger partial charge on any atom is 0.0443 e. The van der Waals surface area contributed by atoms with Crippen molar-refractivity contribution in [2.24, 2.45) is 0 Å². The molecular formula is C15H24N2O. The SMILES string of the molecule is Cc1cccc(NC2CCN(CCCO)CC2)c1. The van der Waals surface area contributed by atoms with Gasteiger partial charge in [-0.2, -0.15) is 0 Å². The van der Waals surface area contributed by atoms with Crippen LogP contribution in [0.1, 0.15) is 24.8 Å². The van der Waals surface area contributed by atoms with E-state index in [2.05, 4.69) is 41.4 Å². The fourth-order valence-electron chi connectivity index (χ4n) is 2.57. The average molecular weight is 248 g/mol. The first-order valence-electron chi connectivity index (χ1n) is 6.94.